The minimum Gasteiger partial charge on any atom is -0.323 e. The van der Waals surface area contributed by atoms with Crippen molar-refractivity contribution in [2.75, 3.05) is 5.32 Å². The second kappa shape index (κ2) is 7.32. The Kier molecular flexibility index (Phi) is 6.06. The minimum absolute atomic E-state index is 0.0609. The first-order chi connectivity index (χ1) is 11.8. The molecule has 1 aromatic rings. The zero-order valence-corrected chi connectivity index (χ0v) is 16.5. The van der Waals surface area contributed by atoms with Crippen molar-refractivity contribution in [1.82, 2.24) is 0 Å². The van der Waals surface area contributed by atoms with Gasteiger partial charge in [-0.1, -0.05) is 17.8 Å². The van der Waals surface area contributed by atoms with Crippen molar-refractivity contribution in [1.29, 1.82) is 0 Å². The second-order valence-corrected chi connectivity index (χ2v) is 7.96. The highest BCUT2D eigenvalue weighted by molar-refractivity contribution is 9.11. The number of rotatable bonds is 3. The Balaban J connectivity index is 2.44. The van der Waals surface area contributed by atoms with Gasteiger partial charge in [-0.2, -0.15) is 13.2 Å². The normalized spacial score (nSPS) is 23.7. The molecule has 1 N–H and O–H groups in total. The van der Waals surface area contributed by atoms with Crippen LogP contribution in [0.3, 0.4) is 0 Å². The fourth-order valence-corrected chi connectivity index (χ4v) is 4.42. The van der Waals surface area contributed by atoms with Gasteiger partial charge in [-0.05, 0) is 50.9 Å². The summed E-state index contributed by atoms with van der Waals surface area (Å²) in [7, 11) is 0. The summed E-state index contributed by atoms with van der Waals surface area (Å²) in [6, 6.07) is 4.56. The molecule has 1 heterocycles. The van der Waals surface area contributed by atoms with E-state index >= 15 is 0 Å². The van der Waals surface area contributed by atoms with Crippen LogP contribution in [0.2, 0.25) is 0 Å². The van der Waals surface area contributed by atoms with E-state index in [-0.39, 0.29) is 22.5 Å². The van der Waals surface area contributed by atoms with E-state index in [1.165, 1.54) is 12.1 Å². The summed E-state index contributed by atoms with van der Waals surface area (Å²) in [5.74, 6) is -1.34. The molecule has 26 heavy (non-hydrogen) atoms. The van der Waals surface area contributed by atoms with Crippen LogP contribution in [0.4, 0.5) is 32.0 Å². The van der Waals surface area contributed by atoms with Crippen molar-refractivity contribution >= 4 is 60.3 Å². The largest absolute Gasteiger partial charge is 0.525 e. The number of alkyl halides is 6. The van der Waals surface area contributed by atoms with Crippen LogP contribution >= 0.6 is 43.6 Å². The quantitative estimate of drug-likeness (QED) is 0.528. The average Bonchev–Trinajstić information content (AvgIpc) is 2.78. The van der Waals surface area contributed by atoms with Crippen LogP contribution in [-0.2, 0) is 9.53 Å². The number of nitrogens with one attached hydrogen (secondary N) is 1. The maximum atomic E-state index is 13.5. The molecule has 1 aromatic carbocycles. The Morgan fingerprint density at radius 3 is 2.23 bits per heavy atom. The van der Waals surface area contributed by atoms with Crippen LogP contribution in [-0.4, -0.2) is 34.5 Å². The molecule has 0 radical (unpaired) electrons. The Morgan fingerprint density at radius 1 is 1.23 bits per heavy atom. The zero-order valence-electron chi connectivity index (χ0n) is 12.5. The molecule has 144 valence electrons. The summed E-state index contributed by atoms with van der Waals surface area (Å²) >= 11 is 6.44. The van der Waals surface area contributed by atoms with E-state index in [4.69, 9.17) is 0 Å². The first kappa shape index (κ1) is 21.5. The van der Waals surface area contributed by atoms with E-state index in [9.17, 15) is 31.1 Å². The summed E-state index contributed by atoms with van der Waals surface area (Å²) in [6.45, 7) is 1.06. The van der Waals surface area contributed by atoms with Crippen molar-refractivity contribution in [3.63, 3.8) is 0 Å². The van der Waals surface area contributed by atoms with Gasteiger partial charge in [0.15, 0.2) is 0 Å². The Bertz CT molecular complexity index is 735. The van der Waals surface area contributed by atoms with Crippen LogP contribution in [0, 0.1) is 0 Å². The molecule has 2 unspecified atom stereocenters. The SMILES string of the molecule is CC1=NC(OC(F)(F)F)(C(F)(F)F)C(C(=O)Nc2c(Br)cccc2Br)S1. The maximum Gasteiger partial charge on any atom is 0.525 e. The highest BCUT2D eigenvalue weighted by Gasteiger charge is 2.70. The number of anilines is 1. The number of amides is 1. The predicted octanol–water partition coefficient (Wildman–Crippen LogP) is 5.48. The van der Waals surface area contributed by atoms with E-state index in [1.807, 2.05) is 0 Å². The number of para-hydroxylation sites is 1. The number of hydrogen-bond acceptors (Lipinski definition) is 4. The monoisotopic (exact) mass is 528 g/mol. The lowest BCUT2D eigenvalue weighted by Gasteiger charge is -2.33. The van der Waals surface area contributed by atoms with Gasteiger partial charge in [0.25, 0.3) is 5.72 Å². The number of nitrogens with zero attached hydrogens (tertiary/aromatic N) is 1. The third-order valence-electron chi connectivity index (χ3n) is 3.09. The second-order valence-electron chi connectivity index (χ2n) is 4.96. The first-order valence-electron chi connectivity index (χ1n) is 6.58. The molecule has 4 nitrogen and oxygen atoms in total. The van der Waals surface area contributed by atoms with Crippen LogP contribution in [0.15, 0.2) is 32.1 Å². The van der Waals surface area contributed by atoms with E-state index in [0.717, 1.165) is 6.92 Å². The van der Waals surface area contributed by atoms with Gasteiger partial charge in [0.05, 0.1) is 10.7 Å². The third-order valence-corrected chi connectivity index (χ3v) is 5.62. The molecule has 2 rings (SSSR count). The summed E-state index contributed by atoms with van der Waals surface area (Å²) in [5.41, 5.74) is -4.01. The van der Waals surface area contributed by atoms with E-state index in [1.54, 1.807) is 6.07 Å². The van der Waals surface area contributed by atoms with Gasteiger partial charge in [0.1, 0.15) is 5.25 Å². The molecule has 0 spiro atoms. The lowest BCUT2D eigenvalue weighted by Crippen LogP contribution is -2.58. The smallest absolute Gasteiger partial charge is 0.323 e. The van der Waals surface area contributed by atoms with Gasteiger partial charge in [-0.15, -0.1) is 13.2 Å². The fourth-order valence-electron chi connectivity index (χ4n) is 2.13. The predicted molar refractivity (Wildman–Crippen MR) is 90.9 cm³/mol. The number of halogens is 8. The lowest BCUT2D eigenvalue weighted by atomic mass is 10.1. The van der Waals surface area contributed by atoms with Crippen LogP contribution in [0.5, 0.6) is 0 Å². The number of benzene rings is 1. The molecular formula is C13H8Br2F6N2O2S. The van der Waals surface area contributed by atoms with Gasteiger partial charge in [-0.3, -0.25) is 9.53 Å². The molecule has 0 bridgehead atoms. The number of carbonyl (C=O) groups excluding carboxylic acids is 1. The molecule has 0 saturated heterocycles. The summed E-state index contributed by atoms with van der Waals surface area (Å²) < 4.78 is 82.4. The molecule has 0 fully saturated rings. The van der Waals surface area contributed by atoms with Crippen LogP contribution < -0.4 is 5.32 Å². The van der Waals surface area contributed by atoms with Crippen molar-refractivity contribution in [2.45, 2.75) is 30.4 Å². The summed E-state index contributed by atoms with van der Waals surface area (Å²) in [6.07, 6.45) is -11.2. The minimum atomic E-state index is -5.66. The number of aliphatic imine (C=N–C) groups is 1. The van der Waals surface area contributed by atoms with Gasteiger partial charge in [-0.25, -0.2) is 4.99 Å². The lowest BCUT2D eigenvalue weighted by molar-refractivity contribution is -0.410. The number of carbonyl (C=O) groups is 1. The molecule has 2 atom stereocenters. The number of ether oxygens (including phenoxy) is 1. The van der Waals surface area contributed by atoms with Crippen LogP contribution in [0.25, 0.3) is 0 Å². The first-order valence-corrected chi connectivity index (χ1v) is 9.05. The van der Waals surface area contributed by atoms with Crippen molar-refractivity contribution in [3.8, 4) is 0 Å². The van der Waals surface area contributed by atoms with E-state index in [2.05, 4.69) is 46.9 Å². The summed E-state index contributed by atoms with van der Waals surface area (Å²) in [5, 5.41) is -0.514. The topological polar surface area (TPSA) is 50.7 Å². The third kappa shape index (κ3) is 4.37. The Labute approximate surface area is 164 Å². The molecule has 0 aromatic heterocycles. The van der Waals surface area contributed by atoms with Gasteiger partial charge < -0.3 is 5.32 Å². The highest BCUT2D eigenvalue weighted by atomic mass is 79.9. The number of thioether (sulfide) groups is 1. The maximum absolute atomic E-state index is 13.5. The average molecular weight is 530 g/mol. The fraction of sp³-hybridized carbons (Fsp3) is 0.385. The Hall–Kier alpha value is -0.790. The molecule has 13 heteroatoms. The van der Waals surface area contributed by atoms with E-state index < -0.39 is 29.4 Å². The van der Waals surface area contributed by atoms with E-state index in [0.29, 0.717) is 8.95 Å². The Morgan fingerprint density at radius 2 is 1.77 bits per heavy atom. The van der Waals surface area contributed by atoms with Gasteiger partial charge >= 0.3 is 12.5 Å². The standard InChI is InChI=1S/C13H8Br2F6N2O2S/c1-5-23-11(12(16,17)18,25-13(19,20)21)9(26-5)10(24)22-8-6(14)3-2-4-7(8)15/h2-4,9H,1H3,(H,22,24). The summed E-state index contributed by atoms with van der Waals surface area (Å²) in [4.78, 5) is 15.4. The molecule has 0 aliphatic carbocycles. The van der Waals surface area contributed by atoms with Gasteiger partial charge in [0.2, 0.25) is 5.91 Å². The zero-order chi connectivity index (χ0) is 19.9. The van der Waals surface area contributed by atoms with Crippen molar-refractivity contribution < 1.29 is 35.9 Å². The molecule has 1 aliphatic heterocycles. The molecule has 1 amide bonds. The van der Waals surface area contributed by atoms with Crippen molar-refractivity contribution in [3.05, 3.63) is 27.1 Å². The van der Waals surface area contributed by atoms with Gasteiger partial charge in [0, 0.05) is 8.95 Å². The van der Waals surface area contributed by atoms with Crippen LogP contribution in [0.1, 0.15) is 6.92 Å². The number of hydrogen-bond donors (Lipinski definition) is 1. The van der Waals surface area contributed by atoms with Crippen molar-refractivity contribution in [2.24, 2.45) is 4.99 Å². The molecule has 1 aliphatic rings. The highest BCUT2D eigenvalue weighted by Crippen LogP contribution is 2.50. The molecular weight excluding hydrogens is 522 g/mol. The molecule has 0 saturated carbocycles.